The quantitative estimate of drug-likeness (QED) is 0.697. The molecule has 0 aromatic carbocycles. The maximum absolute atomic E-state index is 11.8. The fraction of sp³-hybridized carbons (Fsp3) is 0.900. The van der Waals surface area contributed by atoms with Gasteiger partial charge in [-0.05, 0) is 33.1 Å². The lowest BCUT2D eigenvalue weighted by atomic mass is 10.0. The van der Waals surface area contributed by atoms with Gasteiger partial charge in [0.05, 0.1) is 6.67 Å². The fourth-order valence-electron chi connectivity index (χ4n) is 1.84. The van der Waals surface area contributed by atoms with Crippen molar-refractivity contribution in [3.63, 3.8) is 0 Å². The van der Waals surface area contributed by atoms with Gasteiger partial charge in [0, 0.05) is 18.6 Å². The highest BCUT2D eigenvalue weighted by Crippen LogP contribution is 2.27. The summed E-state index contributed by atoms with van der Waals surface area (Å²) in [6, 6.07) is -0.0547. The van der Waals surface area contributed by atoms with E-state index < -0.39 is 0 Å². The van der Waals surface area contributed by atoms with E-state index in [1.54, 1.807) is 0 Å². The molecule has 4 heteroatoms. The van der Waals surface area contributed by atoms with Crippen LogP contribution in [0.3, 0.4) is 0 Å². The van der Waals surface area contributed by atoms with Gasteiger partial charge in [-0.3, -0.25) is 4.39 Å². The number of halogens is 1. The number of likely N-dealkylation sites (tertiary alicyclic amines) is 1. The predicted octanol–water partition coefficient (Wildman–Crippen LogP) is 1.93. The second-order valence-electron chi connectivity index (χ2n) is 4.34. The lowest BCUT2D eigenvalue weighted by Gasteiger charge is -2.31. The van der Waals surface area contributed by atoms with Crippen molar-refractivity contribution in [2.45, 2.75) is 38.6 Å². The second kappa shape index (κ2) is 4.62. The van der Waals surface area contributed by atoms with Crippen molar-refractivity contribution in [1.82, 2.24) is 10.2 Å². The molecular weight excluding hydrogens is 183 g/mol. The Morgan fingerprint density at radius 3 is 2.79 bits per heavy atom. The minimum absolute atomic E-state index is 0.0419. The zero-order chi connectivity index (χ0) is 10.6. The summed E-state index contributed by atoms with van der Waals surface area (Å²) in [5.74, 6) is 0. The third-order valence-corrected chi connectivity index (χ3v) is 2.73. The molecule has 2 amide bonds. The van der Waals surface area contributed by atoms with Gasteiger partial charge in [0.15, 0.2) is 0 Å². The number of hydrogen-bond donors (Lipinski definition) is 1. The molecule has 1 rings (SSSR count). The number of nitrogens with zero attached hydrogens (tertiary/aromatic N) is 1. The number of carbonyl (C=O) groups is 1. The minimum atomic E-state index is -0.371. The smallest absolute Gasteiger partial charge is 0.317 e. The minimum Gasteiger partial charge on any atom is -0.338 e. The van der Waals surface area contributed by atoms with E-state index in [0.717, 1.165) is 19.4 Å². The number of amides is 2. The Morgan fingerprint density at radius 2 is 2.29 bits per heavy atom. The zero-order valence-corrected chi connectivity index (χ0v) is 8.98. The molecule has 0 aliphatic carbocycles. The summed E-state index contributed by atoms with van der Waals surface area (Å²) in [5.41, 5.74) is -0.0419. The van der Waals surface area contributed by atoms with Gasteiger partial charge in [0.25, 0.3) is 0 Å². The van der Waals surface area contributed by atoms with Crippen molar-refractivity contribution in [3.05, 3.63) is 0 Å². The van der Waals surface area contributed by atoms with E-state index in [1.165, 1.54) is 0 Å². The molecule has 0 unspecified atom stereocenters. The number of rotatable bonds is 3. The number of nitrogens with one attached hydrogen (secondary N) is 1. The molecular formula is C10H19FN2O. The van der Waals surface area contributed by atoms with Crippen LogP contribution in [0, 0.1) is 0 Å². The summed E-state index contributed by atoms with van der Waals surface area (Å²) < 4.78 is 11.8. The summed E-state index contributed by atoms with van der Waals surface area (Å²) in [6.45, 7) is 5.00. The van der Waals surface area contributed by atoms with E-state index in [2.05, 4.69) is 19.2 Å². The predicted molar refractivity (Wildman–Crippen MR) is 54.0 cm³/mol. The maximum Gasteiger partial charge on any atom is 0.317 e. The number of alkyl halides is 1. The van der Waals surface area contributed by atoms with E-state index in [1.807, 2.05) is 4.90 Å². The Kier molecular flexibility index (Phi) is 3.72. The molecule has 0 radical (unpaired) electrons. The van der Waals surface area contributed by atoms with Crippen molar-refractivity contribution < 1.29 is 9.18 Å². The maximum atomic E-state index is 11.8. The van der Waals surface area contributed by atoms with E-state index in [0.29, 0.717) is 13.0 Å². The van der Waals surface area contributed by atoms with Crippen molar-refractivity contribution in [3.8, 4) is 0 Å². The molecule has 3 nitrogen and oxygen atoms in total. The molecule has 0 atom stereocenters. The van der Waals surface area contributed by atoms with Crippen molar-refractivity contribution in [1.29, 1.82) is 0 Å². The Morgan fingerprint density at radius 1 is 1.57 bits per heavy atom. The number of hydrogen-bond acceptors (Lipinski definition) is 1. The SMILES string of the molecule is CC1(C)CCCN1C(=O)NCCCF. The summed E-state index contributed by atoms with van der Waals surface area (Å²) in [6.07, 6.45) is 2.51. The van der Waals surface area contributed by atoms with Crippen molar-refractivity contribution in [2.75, 3.05) is 19.8 Å². The van der Waals surface area contributed by atoms with Gasteiger partial charge in [-0.25, -0.2) is 4.79 Å². The molecule has 1 N–H and O–H groups in total. The van der Waals surface area contributed by atoms with Crippen LogP contribution in [0.15, 0.2) is 0 Å². The first-order chi connectivity index (χ1) is 6.58. The average molecular weight is 202 g/mol. The highest BCUT2D eigenvalue weighted by atomic mass is 19.1. The first kappa shape index (κ1) is 11.3. The van der Waals surface area contributed by atoms with Gasteiger partial charge in [0.1, 0.15) is 0 Å². The molecule has 0 aromatic heterocycles. The molecule has 1 heterocycles. The topological polar surface area (TPSA) is 32.3 Å². The molecule has 82 valence electrons. The lowest BCUT2D eigenvalue weighted by molar-refractivity contribution is 0.165. The number of carbonyl (C=O) groups excluding carboxylic acids is 1. The summed E-state index contributed by atoms with van der Waals surface area (Å²) in [7, 11) is 0. The highest BCUT2D eigenvalue weighted by molar-refractivity contribution is 5.75. The normalized spacial score (nSPS) is 19.8. The van der Waals surface area contributed by atoms with Crippen molar-refractivity contribution in [2.24, 2.45) is 0 Å². The van der Waals surface area contributed by atoms with Crippen LogP contribution in [0.2, 0.25) is 0 Å². The van der Waals surface area contributed by atoms with Gasteiger partial charge < -0.3 is 10.2 Å². The molecule has 0 spiro atoms. The van der Waals surface area contributed by atoms with Crippen LogP contribution in [0.4, 0.5) is 9.18 Å². The fourth-order valence-corrected chi connectivity index (χ4v) is 1.84. The first-order valence-corrected chi connectivity index (χ1v) is 5.19. The van der Waals surface area contributed by atoms with Crippen LogP contribution < -0.4 is 5.32 Å². The summed E-state index contributed by atoms with van der Waals surface area (Å²) in [4.78, 5) is 13.5. The Bertz CT molecular complexity index is 206. The van der Waals surface area contributed by atoms with E-state index in [4.69, 9.17) is 0 Å². The summed E-state index contributed by atoms with van der Waals surface area (Å²) >= 11 is 0. The van der Waals surface area contributed by atoms with E-state index >= 15 is 0 Å². The summed E-state index contributed by atoms with van der Waals surface area (Å²) in [5, 5.41) is 2.73. The second-order valence-corrected chi connectivity index (χ2v) is 4.34. The van der Waals surface area contributed by atoms with E-state index in [-0.39, 0.29) is 18.2 Å². The standard InChI is InChI=1S/C10H19FN2O/c1-10(2)5-3-8-13(10)9(14)12-7-4-6-11/h3-8H2,1-2H3,(H,12,14). The molecule has 0 aromatic rings. The third kappa shape index (κ3) is 2.59. The van der Waals surface area contributed by atoms with Crippen LogP contribution in [-0.4, -0.2) is 36.2 Å². The molecule has 1 aliphatic rings. The largest absolute Gasteiger partial charge is 0.338 e. The lowest BCUT2D eigenvalue weighted by Crippen LogP contribution is -2.48. The molecule has 0 bridgehead atoms. The molecule has 1 fully saturated rings. The average Bonchev–Trinajstić information content (AvgIpc) is 2.45. The molecule has 0 saturated carbocycles. The monoisotopic (exact) mass is 202 g/mol. The number of urea groups is 1. The van der Waals surface area contributed by atoms with E-state index in [9.17, 15) is 9.18 Å². The Balaban J connectivity index is 2.36. The Labute approximate surface area is 84.7 Å². The molecule has 14 heavy (non-hydrogen) atoms. The molecule has 1 aliphatic heterocycles. The van der Waals surface area contributed by atoms with Gasteiger partial charge >= 0.3 is 6.03 Å². The van der Waals surface area contributed by atoms with Crippen LogP contribution in [0.25, 0.3) is 0 Å². The van der Waals surface area contributed by atoms with Crippen LogP contribution in [0.1, 0.15) is 33.1 Å². The third-order valence-electron chi connectivity index (χ3n) is 2.73. The van der Waals surface area contributed by atoms with Gasteiger partial charge in [-0.15, -0.1) is 0 Å². The highest BCUT2D eigenvalue weighted by Gasteiger charge is 2.34. The first-order valence-electron chi connectivity index (χ1n) is 5.19. The van der Waals surface area contributed by atoms with Gasteiger partial charge in [0.2, 0.25) is 0 Å². The van der Waals surface area contributed by atoms with Crippen LogP contribution in [-0.2, 0) is 0 Å². The van der Waals surface area contributed by atoms with Gasteiger partial charge in [-0.1, -0.05) is 0 Å². The zero-order valence-electron chi connectivity index (χ0n) is 8.98. The Hall–Kier alpha value is -0.800. The van der Waals surface area contributed by atoms with Crippen LogP contribution >= 0.6 is 0 Å². The molecule has 1 saturated heterocycles. The van der Waals surface area contributed by atoms with Crippen LogP contribution in [0.5, 0.6) is 0 Å². The van der Waals surface area contributed by atoms with Gasteiger partial charge in [-0.2, -0.15) is 0 Å². The van der Waals surface area contributed by atoms with Crippen molar-refractivity contribution >= 4 is 6.03 Å².